The molecule has 0 aliphatic rings. The number of aliphatic hydroxyl groups excluding tert-OH is 1. The van der Waals surface area contributed by atoms with Gasteiger partial charge in [-0.2, -0.15) is 0 Å². The Morgan fingerprint density at radius 1 is 1.05 bits per heavy atom. The van der Waals surface area contributed by atoms with Gasteiger partial charge < -0.3 is 9.84 Å². The Morgan fingerprint density at radius 2 is 1.64 bits per heavy atom. The number of ether oxygens (including phenoxy) is 1. The summed E-state index contributed by atoms with van der Waals surface area (Å²) in [6, 6.07) is 14.7. The summed E-state index contributed by atoms with van der Waals surface area (Å²) >= 11 is 0. The lowest BCUT2D eigenvalue weighted by molar-refractivity contribution is -0.130. The summed E-state index contributed by atoms with van der Waals surface area (Å²) in [7, 11) is 0. The van der Waals surface area contributed by atoms with Gasteiger partial charge in [0.25, 0.3) is 0 Å². The molecule has 1 atom stereocenters. The molecule has 1 unspecified atom stereocenters. The molecule has 2 rings (SSSR count). The number of hydrogen-bond donors (Lipinski definition) is 1. The minimum Gasteiger partial charge on any atom is -0.423 e. The van der Waals surface area contributed by atoms with Crippen LogP contribution in [0, 0.1) is 0 Å². The van der Waals surface area contributed by atoms with Gasteiger partial charge in [-0.3, -0.25) is 4.79 Å². The lowest BCUT2D eigenvalue weighted by atomic mass is 10.00. The molecule has 0 amide bonds. The van der Waals surface area contributed by atoms with Gasteiger partial charge in [0, 0.05) is 11.1 Å². The van der Waals surface area contributed by atoms with Crippen molar-refractivity contribution in [2.75, 3.05) is 0 Å². The quantitative estimate of drug-likeness (QED) is 0.398. The highest BCUT2D eigenvalue weighted by Gasteiger charge is 2.19. The van der Waals surface area contributed by atoms with Crippen molar-refractivity contribution in [3.8, 4) is 5.75 Å². The Kier molecular flexibility index (Phi) is 4.86. The van der Waals surface area contributed by atoms with Crippen LogP contribution in [0.1, 0.15) is 28.9 Å². The maximum atomic E-state index is 12.2. The van der Waals surface area contributed by atoms with Gasteiger partial charge in [0.05, 0.1) is 0 Å². The number of Topliss-reactive ketones (excluding diaryl/α,β-unsaturated/α-hetero) is 1. The third-order valence-electron chi connectivity index (χ3n) is 3.06. The van der Waals surface area contributed by atoms with Crippen molar-refractivity contribution in [2.45, 2.75) is 13.0 Å². The first-order valence-corrected chi connectivity index (χ1v) is 6.74. The van der Waals surface area contributed by atoms with Crippen LogP contribution in [0.2, 0.25) is 0 Å². The minimum absolute atomic E-state index is 0.291. The van der Waals surface area contributed by atoms with Crippen molar-refractivity contribution in [2.24, 2.45) is 0 Å². The number of aliphatic hydroxyl groups is 1. The smallest absolute Gasteiger partial charge is 0.338 e. The fourth-order valence-corrected chi connectivity index (χ4v) is 1.83. The summed E-state index contributed by atoms with van der Waals surface area (Å²) in [5, 5.41) is 10.1. The van der Waals surface area contributed by atoms with Gasteiger partial charge >= 0.3 is 5.97 Å². The third kappa shape index (κ3) is 3.68. The van der Waals surface area contributed by atoms with E-state index in [2.05, 4.69) is 6.58 Å². The number of carbonyl (C=O) groups is 2. The summed E-state index contributed by atoms with van der Waals surface area (Å²) < 4.78 is 5.04. The van der Waals surface area contributed by atoms with E-state index in [1.165, 1.54) is 24.3 Å². The molecule has 0 saturated heterocycles. The molecule has 4 heteroatoms. The first-order valence-electron chi connectivity index (χ1n) is 6.74. The van der Waals surface area contributed by atoms with Crippen LogP contribution in [-0.2, 0) is 4.79 Å². The predicted molar refractivity (Wildman–Crippen MR) is 82.6 cm³/mol. The summed E-state index contributed by atoms with van der Waals surface area (Å²) in [6.07, 6.45) is -1.22. The average molecular weight is 296 g/mol. The lowest BCUT2D eigenvalue weighted by Crippen LogP contribution is -2.12. The number of benzene rings is 2. The van der Waals surface area contributed by atoms with E-state index in [4.69, 9.17) is 4.74 Å². The molecule has 22 heavy (non-hydrogen) atoms. The van der Waals surface area contributed by atoms with E-state index in [9.17, 15) is 14.7 Å². The molecule has 0 fully saturated rings. The van der Waals surface area contributed by atoms with E-state index in [1.54, 1.807) is 31.2 Å². The molecule has 2 aromatic rings. The summed E-state index contributed by atoms with van der Waals surface area (Å²) in [6.45, 7) is 5.04. The van der Waals surface area contributed by atoms with Crippen molar-refractivity contribution in [1.29, 1.82) is 0 Å². The van der Waals surface area contributed by atoms with E-state index in [0.29, 0.717) is 22.4 Å². The van der Waals surface area contributed by atoms with E-state index in [-0.39, 0.29) is 0 Å². The minimum atomic E-state index is -1.22. The number of esters is 1. The highest BCUT2D eigenvalue weighted by Crippen LogP contribution is 2.20. The molecule has 0 heterocycles. The zero-order valence-electron chi connectivity index (χ0n) is 12.2. The van der Waals surface area contributed by atoms with Crippen LogP contribution in [-0.4, -0.2) is 16.9 Å². The number of rotatable bonds is 5. The molecule has 4 nitrogen and oxygen atoms in total. The second kappa shape index (κ2) is 6.83. The molecule has 0 bridgehead atoms. The van der Waals surface area contributed by atoms with E-state index in [0.717, 1.165) is 0 Å². The van der Waals surface area contributed by atoms with Gasteiger partial charge in [0.15, 0.2) is 5.78 Å². The Labute approximate surface area is 128 Å². The molecule has 0 saturated carbocycles. The monoisotopic (exact) mass is 296 g/mol. The van der Waals surface area contributed by atoms with Crippen LogP contribution in [0.3, 0.4) is 0 Å². The molecule has 2 aromatic carbocycles. The van der Waals surface area contributed by atoms with Crippen LogP contribution in [0.25, 0.3) is 0 Å². The first kappa shape index (κ1) is 15.7. The SMILES string of the molecule is C=C(C)C(=O)Oc1ccc(C(=O)C(O)c2ccccc2)cc1. The van der Waals surface area contributed by atoms with Crippen molar-refractivity contribution >= 4 is 11.8 Å². The second-order valence-corrected chi connectivity index (χ2v) is 4.87. The highest BCUT2D eigenvalue weighted by molar-refractivity contribution is 6.00. The molecular weight excluding hydrogens is 280 g/mol. The fraction of sp³-hybridized carbons (Fsp3) is 0.111. The third-order valence-corrected chi connectivity index (χ3v) is 3.06. The summed E-state index contributed by atoms with van der Waals surface area (Å²) in [5.74, 6) is -0.619. The zero-order valence-corrected chi connectivity index (χ0v) is 12.2. The normalized spacial score (nSPS) is 11.5. The zero-order chi connectivity index (χ0) is 16.1. The van der Waals surface area contributed by atoms with Crippen molar-refractivity contribution in [3.63, 3.8) is 0 Å². The second-order valence-electron chi connectivity index (χ2n) is 4.87. The number of carbonyl (C=O) groups excluding carboxylic acids is 2. The van der Waals surface area contributed by atoms with Crippen LogP contribution in [0.5, 0.6) is 5.75 Å². The topological polar surface area (TPSA) is 63.6 Å². The van der Waals surface area contributed by atoms with Gasteiger partial charge in [0.1, 0.15) is 11.9 Å². The van der Waals surface area contributed by atoms with Gasteiger partial charge in [-0.1, -0.05) is 36.9 Å². The van der Waals surface area contributed by atoms with Crippen molar-refractivity contribution in [1.82, 2.24) is 0 Å². The maximum absolute atomic E-state index is 12.2. The highest BCUT2D eigenvalue weighted by atomic mass is 16.5. The van der Waals surface area contributed by atoms with Crippen LogP contribution >= 0.6 is 0 Å². The number of hydrogen-bond acceptors (Lipinski definition) is 4. The number of ketones is 1. The van der Waals surface area contributed by atoms with E-state index < -0.39 is 17.9 Å². The summed E-state index contributed by atoms with van der Waals surface area (Å²) in [5.41, 5.74) is 1.16. The van der Waals surface area contributed by atoms with E-state index in [1.807, 2.05) is 6.07 Å². The largest absolute Gasteiger partial charge is 0.423 e. The Morgan fingerprint density at radius 3 is 2.18 bits per heavy atom. The Balaban J connectivity index is 2.11. The van der Waals surface area contributed by atoms with Crippen molar-refractivity contribution < 1.29 is 19.4 Å². The van der Waals surface area contributed by atoms with Crippen LogP contribution in [0.4, 0.5) is 0 Å². The van der Waals surface area contributed by atoms with Gasteiger partial charge in [-0.05, 0) is 36.8 Å². The maximum Gasteiger partial charge on any atom is 0.338 e. The molecule has 0 spiro atoms. The Bertz CT molecular complexity index is 687. The van der Waals surface area contributed by atoms with E-state index >= 15 is 0 Å². The molecule has 112 valence electrons. The molecular formula is C18H16O4. The molecule has 0 aliphatic carbocycles. The average Bonchev–Trinajstić information content (AvgIpc) is 2.55. The molecule has 0 aromatic heterocycles. The van der Waals surface area contributed by atoms with Crippen LogP contribution < -0.4 is 4.74 Å². The first-order chi connectivity index (χ1) is 10.5. The molecule has 0 radical (unpaired) electrons. The molecule has 1 N–H and O–H groups in total. The van der Waals surface area contributed by atoms with Gasteiger partial charge in [0.2, 0.25) is 0 Å². The van der Waals surface area contributed by atoms with Gasteiger partial charge in [-0.15, -0.1) is 0 Å². The van der Waals surface area contributed by atoms with Gasteiger partial charge in [-0.25, -0.2) is 4.79 Å². The van der Waals surface area contributed by atoms with Crippen molar-refractivity contribution in [3.05, 3.63) is 77.9 Å². The fourth-order valence-electron chi connectivity index (χ4n) is 1.83. The van der Waals surface area contributed by atoms with Crippen LogP contribution in [0.15, 0.2) is 66.7 Å². The standard InChI is InChI=1S/C18H16O4/c1-12(2)18(21)22-15-10-8-14(9-11-15)17(20)16(19)13-6-4-3-5-7-13/h3-11,16,19H,1H2,2H3. The predicted octanol–water partition coefficient (Wildman–Crippen LogP) is 3.08. The Hall–Kier alpha value is -2.72. The lowest BCUT2D eigenvalue weighted by Gasteiger charge is -2.10. The summed E-state index contributed by atoms with van der Waals surface area (Å²) in [4.78, 5) is 23.6. The molecule has 0 aliphatic heterocycles.